The summed E-state index contributed by atoms with van der Waals surface area (Å²) in [5.41, 5.74) is 4.64. The first-order chi connectivity index (χ1) is 8.76. The number of aromatic nitrogens is 2. The molecule has 0 aliphatic heterocycles. The molecule has 0 spiro atoms. The van der Waals surface area contributed by atoms with E-state index in [4.69, 9.17) is 10.1 Å². The molecule has 1 aromatic heterocycles. The fraction of sp³-hybridized carbons (Fsp3) is 0.636. The second-order valence-corrected chi connectivity index (χ2v) is 4.18. The van der Waals surface area contributed by atoms with Crippen LogP contribution in [0.15, 0.2) is 6.20 Å². The summed E-state index contributed by atoms with van der Waals surface area (Å²) in [5.74, 6) is -0.287. The molecule has 0 bridgehead atoms. The van der Waals surface area contributed by atoms with Gasteiger partial charge >= 0.3 is 11.1 Å². The number of carbonyl (C=O) groups excluding carboxylic acids is 1. The first-order valence-corrected chi connectivity index (χ1v) is 6.06. The topological polar surface area (TPSA) is 84.3 Å². The Labute approximate surface area is 105 Å². The molecule has 1 aromatic rings. The molecule has 2 rings (SSSR count). The van der Waals surface area contributed by atoms with E-state index in [1.54, 1.807) is 17.8 Å². The van der Waals surface area contributed by atoms with Crippen LogP contribution in [0.2, 0.25) is 0 Å². The van der Waals surface area contributed by atoms with Gasteiger partial charge in [0.15, 0.2) is 0 Å². The van der Waals surface area contributed by atoms with Gasteiger partial charge < -0.3 is 4.74 Å². The minimum Gasteiger partial charge on any atom is -0.465 e. The smallest absolute Gasteiger partial charge is 0.327 e. The van der Waals surface area contributed by atoms with Crippen LogP contribution in [-0.2, 0) is 22.5 Å². The van der Waals surface area contributed by atoms with Gasteiger partial charge in [-0.2, -0.15) is 5.10 Å². The Morgan fingerprint density at radius 2 is 2.61 bits per heavy atom. The Morgan fingerprint density at radius 1 is 1.78 bits per heavy atom. The molecule has 18 heavy (non-hydrogen) atoms. The zero-order valence-electron chi connectivity index (χ0n) is 10.3. The molecule has 7 heteroatoms. The minimum absolute atomic E-state index is 0.0327. The molecule has 1 heterocycles. The van der Waals surface area contributed by atoms with Crippen molar-refractivity contribution in [3.63, 3.8) is 0 Å². The van der Waals surface area contributed by atoms with Gasteiger partial charge in [-0.1, -0.05) is 0 Å². The maximum atomic E-state index is 11.4. The standard InChI is InChI=1S/C11H16N5O2/c1-2-18-11(17)7-16-10-5-3-4-9(14-15-12)8(10)6-13-16/h6,9,14H,2-5,7H2,1H3/q+1. The number of nitrogens with zero attached hydrogens (tertiary/aromatic N) is 4. The molecule has 0 aromatic carbocycles. The van der Waals surface area contributed by atoms with Gasteiger partial charge in [0.1, 0.15) is 12.6 Å². The maximum Gasteiger partial charge on any atom is 0.327 e. The molecule has 1 atom stereocenters. The zero-order valence-corrected chi connectivity index (χ0v) is 10.3. The number of nitrogens with one attached hydrogen (secondary N) is 1. The van der Waals surface area contributed by atoms with Crippen LogP contribution in [0.25, 0.3) is 5.08 Å². The number of diazo groups is 1. The molecular formula is C11H16N5O2+. The Balaban J connectivity index is 2.15. The molecule has 1 aliphatic rings. The summed E-state index contributed by atoms with van der Waals surface area (Å²) in [6.07, 6.45) is 4.45. The average molecular weight is 250 g/mol. The van der Waals surface area contributed by atoms with E-state index < -0.39 is 0 Å². The van der Waals surface area contributed by atoms with Crippen LogP contribution >= 0.6 is 0 Å². The fourth-order valence-electron chi connectivity index (χ4n) is 2.29. The highest BCUT2D eigenvalue weighted by Crippen LogP contribution is 2.29. The van der Waals surface area contributed by atoms with E-state index in [1.807, 2.05) is 0 Å². The summed E-state index contributed by atoms with van der Waals surface area (Å²) in [6.45, 7) is 2.28. The van der Waals surface area contributed by atoms with Crippen molar-refractivity contribution in [3.05, 3.63) is 22.5 Å². The second-order valence-electron chi connectivity index (χ2n) is 4.18. The number of hydrogen-bond donors (Lipinski definition) is 1. The Hall–Kier alpha value is -2.10. The number of rotatable bonds is 4. The van der Waals surface area contributed by atoms with E-state index in [1.165, 1.54) is 0 Å². The predicted molar refractivity (Wildman–Crippen MR) is 62.8 cm³/mol. The lowest BCUT2D eigenvalue weighted by Crippen LogP contribution is -2.22. The summed E-state index contributed by atoms with van der Waals surface area (Å²) in [5, 5.41) is 15.8. The van der Waals surface area contributed by atoms with E-state index in [0.29, 0.717) is 6.61 Å². The van der Waals surface area contributed by atoms with Crippen molar-refractivity contribution < 1.29 is 9.53 Å². The molecule has 0 saturated carbocycles. The molecule has 96 valence electrons. The van der Waals surface area contributed by atoms with Crippen molar-refractivity contribution >= 4 is 5.97 Å². The third kappa shape index (κ3) is 2.42. The van der Waals surface area contributed by atoms with Crippen LogP contribution < -0.4 is 5.43 Å². The van der Waals surface area contributed by atoms with Gasteiger partial charge in [-0.25, -0.2) is 0 Å². The van der Waals surface area contributed by atoms with Crippen molar-refractivity contribution in [2.24, 2.45) is 0 Å². The molecule has 0 radical (unpaired) electrons. The average Bonchev–Trinajstić information content (AvgIpc) is 2.74. The first kappa shape index (κ1) is 12.4. The normalized spacial score (nSPS) is 17.7. The summed E-state index contributed by atoms with van der Waals surface area (Å²) >= 11 is 0. The zero-order chi connectivity index (χ0) is 13.0. The van der Waals surface area contributed by atoms with Crippen LogP contribution in [0.3, 0.4) is 0 Å². The lowest BCUT2D eigenvalue weighted by Gasteiger charge is -2.17. The summed E-state index contributed by atoms with van der Waals surface area (Å²) in [6, 6.07) is -0.0327. The number of carbonyl (C=O) groups is 1. The van der Waals surface area contributed by atoms with Crippen molar-refractivity contribution in [1.29, 1.82) is 5.39 Å². The van der Waals surface area contributed by atoms with Gasteiger partial charge in [-0.15, -0.1) is 0 Å². The second kappa shape index (κ2) is 5.49. The number of esters is 1. The first-order valence-electron chi connectivity index (χ1n) is 6.06. The molecule has 0 amide bonds. The highest BCUT2D eigenvalue weighted by Gasteiger charge is 2.27. The number of hydrogen-bond acceptors (Lipinski definition) is 5. The Kier molecular flexibility index (Phi) is 3.77. The molecule has 1 unspecified atom stereocenters. The van der Waals surface area contributed by atoms with E-state index in [0.717, 1.165) is 30.5 Å². The SMILES string of the molecule is CCOC(=O)Cn1ncc2c1CCCC2N[N+]#N. The third-order valence-corrected chi connectivity index (χ3v) is 3.06. The van der Waals surface area contributed by atoms with Gasteiger partial charge in [0, 0.05) is 11.3 Å². The van der Waals surface area contributed by atoms with Crippen molar-refractivity contribution in [2.75, 3.05) is 6.61 Å². The van der Waals surface area contributed by atoms with Crippen LogP contribution in [-0.4, -0.2) is 22.4 Å². The van der Waals surface area contributed by atoms with Gasteiger partial charge in [0.2, 0.25) is 0 Å². The fourth-order valence-corrected chi connectivity index (χ4v) is 2.29. The summed E-state index contributed by atoms with van der Waals surface area (Å²) in [4.78, 5) is 11.4. The number of ether oxygens (including phenoxy) is 1. The summed E-state index contributed by atoms with van der Waals surface area (Å²) in [7, 11) is 0. The molecule has 0 fully saturated rings. The van der Waals surface area contributed by atoms with E-state index in [2.05, 4.69) is 15.6 Å². The van der Waals surface area contributed by atoms with Gasteiger partial charge in [0.25, 0.3) is 5.39 Å². The van der Waals surface area contributed by atoms with E-state index in [-0.39, 0.29) is 18.6 Å². The molecule has 1 N–H and O–H groups in total. The largest absolute Gasteiger partial charge is 0.465 e. The molecule has 7 nitrogen and oxygen atoms in total. The predicted octanol–water partition coefficient (Wildman–Crippen LogP) is 1.18. The van der Waals surface area contributed by atoms with Gasteiger partial charge in [-0.3, -0.25) is 9.48 Å². The lowest BCUT2D eigenvalue weighted by atomic mass is 9.93. The van der Waals surface area contributed by atoms with Crippen LogP contribution in [0, 0.1) is 5.39 Å². The quantitative estimate of drug-likeness (QED) is 0.493. The maximum absolute atomic E-state index is 11.4. The molecular weight excluding hydrogens is 234 g/mol. The van der Waals surface area contributed by atoms with Crippen LogP contribution in [0.1, 0.15) is 37.1 Å². The van der Waals surface area contributed by atoms with Crippen LogP contribution in [0.4, 0.5) is 0 Å². The summed E-state index contributed by atoms with van der Waals surface area (Å²) < 4.78 is 6.57. The highest BCUT2D eigenvalue weighted by molar-refractivity contribution is 5.69. The highest BCUT2D eigenvalue weighted by atomic mass is 16.5. The van der Waals surface area contributed by atoms with Crippen molar-refractivity contribution in [3.8, 4) is 0 Å². The van der Waals surface area contributed by atoms with Crippen LogP contribution in [0.5, 0.6) is 0 Å². The number of fused-ring (bicyclic) bond motifs is 1. The van der Waals surface area contributed by atoms with Gasteiger partial charge in [0.05, 0.1) is 12.8 Å². The molecule has 1 aliphatic carbocycles. The minimum atomic E-state index is -0.287. The monoisotopic (exact) mass is 250 g/mol. The Bertz CT molecular complexity index is 476. The third-order valence-electron chi connectivity index (χ3n) is 3.06. The van der Waals surface area contributed by atoms with E-state index in [9.17, 15) is 4.79 Å². The van der Waals surface area contributed by atoms with Crippen molar-refractivity contribution in [1.82, 2.24) is 15.2 Å². The lowest BCUT2D eigenvalue weighted by molar-refractivity contribution is -0.144. The van der Waals surface area contributed by atoms with Gasteiger partial charge in [-0.05, 0) is 31.6 Å². The van der Waals surface area contributed by atoms with Crippen molar-refractivity contribution in [2.45, 2.75) is 38.8 Å². The Morgan fingerprint density at radius 3 is 3.33 bits per heavy atom. The van der Waals surface area contributed by atoms with E-state index >= 15 is 0 Å². The molecule has 0 saturated heterocycles.